The lowest BCUT2D eigenvalue weighted by molar-refractivity contribution is 0.285. The highest BCUT2D eigenvalue weighted by molar-refractivity contribution is 5.45. The number of aryl methyl sites for hydroxylation is 1. The van der Waals surface area contributed by atoms with Crippen LogP contribution in [0.2, 0.25) is 0 Å². The monoisotopic (exact) mass is 274 g/mol. The highest BCUT2D eigenvalue weighted by Crippen LogP contribution is 2.35. The maximum Gasteiger partial charge on any atom is 0.164 e. The summed E-state index contributed by atoms with van der Waals surface area (Å²) in [5.41, 5.74) is 1.19. The second-order valence-electron chi connectivity index (χ2n) is 4.71. The molecule has 2 aromatic rings. The first-order valence-corrected chi connectivity index (χ1v) is 6.73. The molecular weight excluding hydrogens is 256 g/mol. The van der Waals surface area contributed by atoms with Gasteiger partial charge >= 0.3 is 0 Å². The standard InChI is InChI=1S/C14H18N4O2/c1-3-15-12-7-20-13-6-10(4-5-11(12)13)19-8-14-16-9-17-18(14)2/h4-6,9,12,15H,3,7-8H2,1-2H3. The van der Waals surface area contributed by atoms with E-state index in [1.165, 1.54) is 11.9 Å². The summed E-state index contributed by atoms with van der Waals surface area (Å²) in [4.78, 5) is 4.13. The van der Waals surface area contributed by atoms with Crippen LogP contribution in [0.5, 0.6) is 11.5 Å². The van der Waals surface area contributed by atoms with E-state index in [0.29, 0.717) is 13.2 Å². The summed E-state index contributed by atoms with van der Waals surface area (Å²) in [7, 11) is 1.85. The molecule has 0 bridgehead atoms. The van der Waals surface area contributed by atoms with E-state index >= 15 is 0 Å². The van der Waals surface area contributed by atoms with E-state index in [0.717, 1.165) is 23.9 Å². The maximum absolute atomic E-state index is 5.73. The summed E-state index contributed by atoms with van der Waals surface area (Å²) in [5.74, 6) is 2.47. The zero-order chi connectivity index (χ0) is 13.9. The molecule has 1 N–H and O–H groups in total. The van der Waals surface area contributed by atoms with Gasteiger partial charge in [-0.15, -0.1) is 0 Å². The van der Waals surface area contributed by atoms with Gasteiger partial charge in [-0.05, 0) is 18.7 Å². The van der Waals surface area contributed by atoms with Gasteiger partial charge in [0.2, 0.25) is 0 Å². The Morgan fingerprint density at radius 3 is 3.15 bits per heavy atom. The summed E-state index contributed by atoms with van der Waals surface area (Å²) in [6, 6.07) is 6.24. The van der Waals surface area contributed by atoms with Crippen LogP contribution in [0.25, 0.3) is 0 Å². The number of aromatic nitrogens is 3. The number of rotatable bonds is 5. The molecule has 0 radical (unpaired) electrons. The number of fused-ring (bicyclic) bond motifs is 1. The Balaban J connectivity index is 1.69. The van der Waals surface area contributed by atoms with Crippen molar-refractivity contribution in [2.24, 2.45) is 7.05 Å². The Morgan fingerprint density at radius 2 is 2.40 bits per heavy atom. The van der Waals surface area contributed by atoms with Crippen molar-refractivity contribution in [3.05, 3.63) is 35.9 Å². The number of benzene rings is 1. The van der Waals surface area contributed by atoms with Gasteiger partial charge in [0.1, 0.15) is 31.0 Å². The van der Waals surface area contributed by atoms with E-state index in [1.54, 1.807) is 4.68 Å². The first kappa shape index (κ1) is 12.9. The van der Waals surface area contributed by atoms with Crippen molar-refractivity contribution in [2.75, 3.05) is 13.2 Å². The molecule has 20 heavy (non-hydrogen) atoms. The molecule has 3 rings (SSSR count). The fourth-order valence-corrected chi connectivity index (χ4v) is 2.29. The molecule has 0 spiro atoms. The summed E-state index contributed by atoms with van der Waals surface area (Å²) >= 11 is 0. The lowest BCUT2D eigenvalue weighted by Gasteiger charge is -2.10. The molecule has 6 nitrogen and oxygen atoms in total. The van der Waals surface area contributed by atoms with Gasteiger partial charge in [0.05, 0.1) is 6.04 Å². The summed E-state index contributed by atoms with van der Waals surface area (Å²) in [6.45, 7) is 4.09. The van der Waals surface area contributed by atoms with Crippen LogP contribution in [-0.2, 0) is 13.7 Å². The second-order valence-corrected chi connectivity index (χ2v) is 4.71. The Morgan fingerprint density at radius 1 is 1.50 bits per heavy atom. The van der Waals surface area contributed by atoms with Gasteiger partial charge in [0, 0.05) is 18.7 Å². The zero-order valence-corrected chi connectivity index (χ0v) is 11.7. The van der Waals surface area contributed by atoms with Crippen LogP contribution in [-0.4, -0.2) is 27.9 Å². The van der Waals surface area contributed by atoms with Crippen LogP contribution in [0, 0.1) is 0 Å². The molecule has 0 saturated heterocycles. The Kier molecular flexibility index (Phi) is 3.56. The lowest BCUT2D eigenvalue weighted by Crippen LogP contribution is -2.21. The maximum atomic E-state index is 5.73. The van der Waals surface area contributed by atoms with E-state index in [-0.39, 0.29) is 6.04 Å². The SMILES string of the molecule is CCNC1COc2cc(OCc3ncnn3C)ccc21. The second kappa shape index (κ2) is 5.50. The minimum Gasteiger partial charge on any atom is -0.491 e. The van der Waals surface area contributed by atoms with E-state index < -0.39 is 0 Å². The lowest BCUT2D eigenvalue weighted by atomic mass is 10.1. The molecule has 1 atom stereocenters. The van der Waals surface area contributed by atoms with Crippen molar-refractivity contribution >= 4 is 0 Å². The van der Waals surface area contributed by atoms with Gasteiger partial charge in [-0.2, -0.15) is 5.10 Å². The number of nitrogens with one attached hydrogen (secondary N) is 1. The molecule has 0 saturated carbocycles. The first-order chi connectivity index (χ1) is 9.78. The quantitative estimate of drug-likeness (QED) is 0.894. The number of ether oxygens (including phenoxy) is 2. The molecule has 106 valence electrons. The third kappa shape index (κ3) is 2.46. The Bertz CT molecular complexity index is 597. The molecule has 1 unspecified atom stereocenters. The summed E-state index contributed by atoms with van der Waals surface area (Å²) in [5, 5.41) is 7.40. The van der Waals surface area contributed by atoms with Crippen LogP contribution in [0.3, 0.4) is 0 Å². The van der Waals surface area contributed by atoms with Crippen LogP contribution < -0.4 is 14.8 Å². The molecule has 1 aromatic carbocycles. The molecular formula is C14H18N4O2. The molecule has 0 amide bonds. The minimum absolute atomic E-state index is 0.280. The van der Waals surface area contributed by atoms with Gasteiger partial charge in [0.25, 0.3) is 0 Å². The van der Waals surface area contributed by atoms with Gasteiger partial charge in [0.15, 0.2) is 5.82 Å². The predicted octanol–water partition coefficient (Wildman–Crippen LogP) is 1.44. The van der Waals surface area contributed by atoms with Crippen molar-refractivity contribution in [3.8, 4) is 11.5 Å². The average molecular weight is 274 g/mol. The molecule has 6 heteroatoms. The summed E-state index contributed by atoms with van der Waals surface area (Å²) < 4.78 is 13.1. The molecule has 0 aliphatic carbocycles. The smallest absolute Gasteiger partial charge is 0.164 e. The van der Waals surface area contributed by atoms with Gasteiger partial charge in [-0.25, -0.2) is 4.98 Å². The van der Waals surface area contributed by atoms with E-state index in [9.17, 15) is 0 Å². The van der Waals surface area contributed by atoms with Crippen molar-refractivity contribution in [2.45, 2.75) is 19.6 Å². The van der Waals surface area contributed by atoms with Crippen molar-refractivity contribution < 1.29 is 9.47 Å². The predicted molar refractivity (Wildman–Crippen MR) is 73.7 cm³/mol. The fraction of sp³-hybridized carbons (Fsp3) is 0.429. The Labute approximate surface area is 117 Å². The highest BCUT2D eigenvalue weighted by Gasteiger charge is 2.23. The number of nitrogens with zero attached hydrogens (tertiary/aromatic N) is 3. The fourth-order valence-electron chi connectivity index (χ4n) is 2.29. The van der Waals surface area contributed by atoms with Crippen LogP contribution >= 0.6 is 0 Å². The molecule has 1 aliphatic heterocycles. The van der Waals surface area contributed by atoms with Gasteiger partial charge in [-0.1, -0.05) is 6.92 Å². The molecule has 1 aromatic heterocycles. The van der Waals surface area contributed by atoms with Crippen molar-refractivity contribution in [1.29, 1.82) is 0 Å². The summed E-state index contributed by atoms with van der Waals surface area (Å²) in [6.07, 6.45) is 1.52. The normalized spacial score (nSPS) is 16.8. The molecule has 0 fully saturated rings. The van der Waals surface area contributed by atoms with Crippen LogP contribution in [0.4, 0.5) is 0 Å². The van der Waals surface area contributed by atoms with Crippen LogP contribution in [0.1, 0.15) is 24.4 Å². The average Bonchev–Trinajstić information content (AvgIpc) is 3.04. The highest BCUT2D eigenvalue weighted by atomic mass is 16.5. The number of hydrogen-bond acceptors (Lipinski definition) is 5. The zero-order valence-electron chi connectivity index (χ0n) is 11.7. The number of likely N-dealkylation sites (N-methyl/N-ethyl adjacent to an activating group) is 1. The van der Waals surface area contributed by atoms with Gasteiger partial charge in [-0.3, -0.25) is 4.68 Å². The number of hydrogen-bond donors (Lipinski definition) is 1. The van der Waals surface area contributed by atoms with Gasteiger partial charge < -0.3 is 14.8 Å². The third-order valence-electron chi connectivity index (χ3n) is 3.39. The third-order valence-corrected chi connectivity index (χ3v) is 3.39. The van der Waals surface area contributed by atoms with E-state index in [2.05, 4.69) is 28.4 Å². The van der Waals surface area contributed by atoms with E-state index in [4.69, 9.17) is 9.47 Å². The largest absolute Gasteiger partial charge is 0.491 e. The Hall–Kier alpha value is -2.08. The van der Waals surface area contributed by atoms with E-state index in [1.807, 2.05) is 19.2 Å². The topological polar surface area (TPSA) is 61.2 Å². The minimum atomic E-state index is 0.280. The molecule has 2 heterocycles. The molecule has 1 aliphatic rings. The van der Waals surface area contributed by atoms with Crippen LogP contribution in [0.15, 0.2) is 24.5 Å². The first-order valence-electron chi connectivity index (χ1n) is 6.73. The van der Waals surface area contributed by atoms with Crippen molar-refractivity contribution in [1.82, 2.24) is 20.1 Å². The van der Waals surface area contributed by atoms with Crippen molar-refractivity contribution in [3.63, 3.8) is 0 Å².